The van der Waals surface area contributed by atoms with E-state index in [1.54, 1.807) is 82.3 Å². The van der Waals surface area contributed by atoms with Gasteiger partial charge in [-0.25, -0.2) is 4.79 Å². The molecule has 39 heavy (non-hydrogen) atoms. The Kier molecular flexibility index (Phi) is 12.2. The Labute approximate surface area is 232 Å². The molecule has 2 aromatic rings. The molecule has 0 aromatic heterocycles. The highest BCUT2D eigenvalue weighted by Gasteiger charge is 2.29. The first-order valence-electron chi connectivity index (χ1n) is 12.3. The van der Waals surface area contributed by atoms with Gasteiger partial charge in [-0.05, 0) is 87.7 Å². The average Bonchev–Trinajstić information content (AvgIpc) is 2.91. The molecule has 0 aliphatic carbocycles. The van der Waals surface area contributed by atoms with Crippen LogP contribution in [0.4, 0.5) is 0 Å². The Morgan fingerprint density at radius 3 is 2.08 bits per heavy atom. The molecule has 10 nitrogen and oxygen atoms in total. The third kappa shape index (κ3) is 9.60. The summed E-state index contributed by atoms with van der Waals surface area (Å²) in [4.78, 5) is 50.0. The number of benzene rings is 2. The molecule has 0 heterocycles. The molecule has 0 aliphatic heterocycles. The number of nitrogen functional groups attached to an aromatic ring is 1. The van der Waals surface area contributed by atoms with Crippen molar-refractivity contribution < 1.29 is 33.4 Å². The van der Waals surface area contributed by atoms with Gasteiger partial charge in [-0.1, -0.05) is 12.1 Å². The zero-order valence-electron chi connectivity index (χ0n) is 22.4. The Morgan fingerprint density at radius 1 is 0.949 bits per heavy atom. The standard InChI is InChI=1S/C28H33N3O7S/c1-5-31(39-23(28(35)37-7-3)17-24(32)36-6-2)26(33)18(4)16-19-8-10-21(11-9-19)27(34)38-22-14-12-20(13-15-22)25(29)30/h8-16,23H,5-7,17H2,1-4H3,(H3,29,30)/b18-16+/t23-/m0/s1. The second-order valence-electron chi connectivity index (χ2n) is 8.13. The van der Waals surface area contributed by atoms with E-state index in [0.717, 1.165) is 11.9 Å². The van der Waals surface area contributed by atoms with Crippen molar-refractivity contribution in [2.24, 2.45) is 5.73 Å². The van der Waals surface area contributed by atoms with Gasteiger partial charge in [0.25, 0.3) is 5.91 Å². The Balaban J connectivity index is 2.09. The number of likely N-dealkylation sites (N-methyl/N-ethyl adjacent to an activating group) is 1. The van der Waals surface area contributed by atoms with E-state index in [4.69, 9.17) is 25.4 Å². The molecule has 0 bridgehead atoms. The van der Waals surface area contributed by atoms with Crippen molar-refractivity contribution in [2.45, 2.75) is 39.4 Å². The van der Waals surface area contributed by atoms with Gasteiger partial charge >= 0.3 is 17.9 Å². The lowest BCUT2D eigenvalue weighted by atomic mass is 10.1. The predicted molar refractivity (Wildman–Crippen MR) is 149 cm³/mol. The van der Waals surface area contributed by atoms with E-state index >= 15 is 0 Å². The van der Waals surface area contributed by atoms with Crippen molar-refractivity contribution >= 4 is 47.7 Å². The van der Waals surface area contributed by atoms with Gasteiger partial charge in [0.2, 0.25) is 0 Å². The molecule has 3 N–H and O–H groups in total. The SMILES string of the molecule is CCOC(=O)C[C@H](SN(CC)C(=O)/C(C)=C/c1ccc(C(=O)Oc2ccc(C(=N)N)cc2)cc1)C(=O)OCC. The molecule has 11 heteroatoms. The minimum Gasteiger partial charge on any atom is -0.466 e. The quantitative estimate of drug-likeness (QED) is 0.0935. The molecule has 0 spiro atoms. The number of amides is 1. The van der Waals surface area contributed by atoms with Crippen molar-refractivity contribution in [1.29, 1.82) is 5.41 Å². The first kappa shape index (κ1) is 31.1. The molecule has 0 saturated heterocycles. The molecule has 0 radical (unpaired) electrons. The van der Waals surface area contributed by atoms with Crippen molar-refractivity contribution in [3.05, 3.63) is 70.8 Å². The maximum atomic E-state index is 13.1. The van der Waals surface area contributed by atoms with Crippen molar-refractivity contribution in [2.75, 3.05) is 19.8 Å². The first-order chi connectivity index (χ1) is 18.6. The monoisotopic (exact) mass is 555 g/mol. The summed E-state index contributed by atoms with van der Waals surface area (Å²) in [6, 6.07) is 12.8. The highest BCUT2D eigenvalue weighted by Crippen LogP contribution is 2.25. The number of hydrogen-bond donors (Lipinski definition) is 2. The Morgan fingerprint density at radius 2 is 1.54 bits per heavy atom. The summed E-state index contributed by atoms with van der Waals surface area (Å²) in [6.45, 7) is 7.35. The number of nitrogens with one attached hydrogen (secondary N) is 1. The normalized spacial score (nSPS) is 11.7. The summed E-state index contributed by atoms with van der Waals surface area (Å²) < 4.78 is 16.8. The van der Waals surface area contributed by atoms with Crippen molar-refractivity contribution in [1.82, 2.24) is 4.31 Å². The molecule has 0 aliphatic rings. The lowest BCUT2D eigenvalue weighted by molar-refractivity contribution is -0.149. The summed E-state index contributed by atoms with van der Waals surface area (Å²) in [5.41, 5.74) is 7.33. The third-order valence-electron chi connectivity index (χ3n) is 5.22. The number of amidine groups is 1. The summed E-state index contributed by atoms with van der Waals surface area (Å²) in [6.07, 6.45) is 1.44. The van der Waals surface area contributed by atoms with Crippen molar-refractivity contribution in [3.8, 4) is 5.75 Å². The Hall–Kier alpha value is -4.12. The lowest BCUT2D eigenvalue weighted by Gasteiger charge is -2.24. The van der Waals surface area contributed by atoms with Crippen LogP contribution >= 0.6 is 11.9 Å². The maximum absolute atomic E-state index is 13.1. The first-order valence-corrected chi connectivity index (χ1v) is 13.2. The number of ether oxygens (including phenoxy) is 3. The number of nitrogens with two attached hydrogens (primary N) is 1. The molecule has 0 saturated carbocycles. The molecule has 2 aromatic carbocycles. The summed E-state index contributed by atoms with van der Waals surface area (Å²) in [5, 5.41) is 6.49. The molecule has 1 amide bonds. The van der Waals surface area contributed by atoms with Crippen LogP contribution in [-0.2, 0) is 23.9 Å². The lowest BCUT2D eigenvalue weighted by Crippen LogP contribution is -2.33. The minimum atomic E-state index is -0.926. The molecular formula is C28H33N3O7S. The summed E-state index contributed by atoms with van der Waals surface area (Å²) in [7, 11) is 0. The van der Waals surface area contributed by atoms with Crippen LogP contribution in [0.3, 0.4) is 0 Å². The van der Waals surface area contributed by atoms with E-state index in [2.05, 4.69) is 0 Å². The van der Waals surface area contributed by atoms with Gasteiger partial charge in [0.1, 0.15) is 16.8 Å². The fourth-order valence-corrected chi connectivity index (χ4v) is 4.34. The molecule has 0 unspecified atom stereocenters. The average molecular weight is 556 g/mol. The number of rotatable bonds is 13. The Bertz CT molecular complexity index is 1210. The molecule has 1 atom stereocenters. The molecule has 2 rings (SSSR count). The fourth-order valence-electron chi connectivity index (χ4n) is 3.28. The van der Waals surface area contributed by atoms with E-state index < -0.39 is 23.2 Å². The number of nitrogens with zero attached hydrogens (tertiary/aromatic N) is 1. The number of carbonyl (C=O) groups is 4. The van der Waals surface area contributed by atoms with Gasteiger partial charge in [-0.2, -0.15) is 0 Å². The second kappa shape index (κ2) is 15.3. The minimum absolute atomic E-state index is 0.0820. The molecule has 208 valence electrons. The van der Waals surface area contributed by atoms with Gasteiger partial charge in [-0.15, -0.1) is 0 Å². The second-order valence-corrected chi connectivity index (χ2v) is 9.35. The van der Waals surface area contributed by atoms with Crippen LogP contribution in [-0.4, -0.2) is 59.0 Å². The van der Waals surface area contributed by atoms with Gasteiger partial charge in [-0.3, -0.25) is 24.1 Å². The fraction of sp³-hybridized carbons (Fsp3) is 0.321. The van der Waals surface area contributed by atoms with Crippen molar-refractivity contribution in [3.63, 3.8) is 0 Å². The smallest absolute Gasteiger partial charge is 0.343 e. The highest BCUT2D eigenvalue weighted by molar-refractivity contribution is 7.98. The number of esters is 3. The summed E-state index contributed by atoms with van der Waals surface area (Å²) >= 11 is 0.936. The van der Waals surface area contributed by atoms with Crippen LogP contribution in [0.1, 0.15) is 55.6 Å². The number of carbonyl (C=O) groups excluding carboxylic acids is 4. The van der Waals surface area contributed by atoms with Crippen LogP contribution in [0.5, 0.6) is 5.75 Å². The van der Waals surface area contributed by atoms with E-state index in [1.807, 2.05) is 0 Å². The van der Waals surface area contributed by atoms with Crippen LogP contribution in [0, 0.1) is 5.41 Å². The molecule has 0 fully saturated rings. The third-order valence-corrected chi connectivity index (χ3v) is 6.51. The highest BCUT2D eigenvalue weighted by atomic mass is 32.2. The zero-order chi connectivity index (χ0) is 28.9. The van der Waals surface area contributed by atoms with Gasteiger partial charge < -0.3 is 19.9 Å². The number of hydrogen-bond acceptors (Lipinski definition) is 9. The maximum Gasteiger partial charge on any atom is 0.343 e. The van der Waals surface area contributed by atoms with Crippen LogP contribution in [0.25, 0.3) is 6.08 Å². The largest absolute Gasteiger partial charge is 0.466 e. The molecular weight excluding hydrogens is 522 g/mol. The zero-order valence-corrected chi connectivity index (χ0v) is 23.2. The predicted octanol–water partition coefficient (Wildman–Crippen LogP) is 3.97. The van der Waals surface area contributed by atoms with Crippen LogP contribution < -0.4 is 10.5 Å². The van der Waals surface area contributed by atoms with E-state index in [0.29, 0.717) is 28.0 Å². The summed E-state index contributed by atoms with van der Waals surface area (Å²) in [5.74, 6) is -1.81. The van der Waals surface area contributed by atoms with E-state index in [9.17, 15) is 19.2 Å². The van der Waals surface area contributed by atoms with Crippen LogP contribution in [0.2, 0.25) is 0 Å². The van der Waals surface area contributed by atoms with E-state index in [1.165, 1.54) is 4.31 Å². The topological polar surface area (TPSA) is 149 Å². The van der Waals surface area contributed by atoms with Crippen LogP contribution in [0.15, 0.2) is 54.1 Å². The van der Waals surface area contributed by atoms with Gasteiger partial charge in [0.05, 0.1) is 25.2 Å². The van der Waals surface area contributed by atoms with E-state index in [-0.39, 0.29) is 37.9 Å². The van der Waals surface area contributed by atoms with Gasteiger partial charge in [0, 0.05) is 17.7 Å². The van der Waals surface area contributed by atoms with Gasteiger partial charge in [0.15, 0.2) is 0 Å².